The van der Waals surface area contributed by atoms with Gasteiger partial charge in [0.05, 0.1) is 34.5 Å². The van der Waals surface area contributed by atoms with Crippen molar-refractivity contribution < 1.29 is 9.53 Å². The number of carbonyl (C=O) groups excluding carboxylic acids is 1. The van der Waals surface area contributed by atoms with Gasteiger partial charge in [-0.3, -0.25) is 4.79 Å². The molecular formula is C13H14N2O2S. The first-order valence-corrected chi connectivity index (χ1v) is 6.84. The lowest BCUT2D eigenvalue weighted by Gasteiger charge is -2.26. The normalized spacial score (nSPS) is 15.6. The Hall–Kier alpha value is -1.46. The van der Waals surface area contributed by atoms with Crippen molar-refractivity contribution in [2.45, 2.75) is 18.9 Å². The lowest BCUT2D eigenvalue weighted by atomic mass is 10.2. The minimum atomic E-state index is 0.0857. The SMILES string of the molecule is O=C(CCc1nc2ccccc2s1)NC1COC1. The zero-order valence-electron chi connectivity index (χ0n) is 9.89. The van der Waals surface area contributed by atoms with E-state index in [0.717, 1.165) is 10.5 Å². The molecule has 2 heterocycles. The molecule has 18 heavy (non-hydrogen) atoms. The fourth-order valence-electron chi connectivity index (χ4n) is 1.87. The molecule has 1 fully saturated rings. The lowest BCUT2D eigenvalue weighted by molar-refractivity contribution is -0.125. The van der Waals surface area contributed by atoms with Gasteiger partial charge in [-0.2, -0.15) is 0 Å². The third kappa shape index (κ3) is 2.52. The molecule has 1 amide bonds. The summed E-state index contributed by atoms with van der Waals surface area (Å²) in [5, 5.41) is 3.96. The summed E-state index contributed by atoms with van der Waals surface area (Å²) >= 11 is 1.66. The Morgan fingerprint density at radius 2 is 2.28 bits per heavy atom. The van der Waals surface area contributed by atoms with Gasteiger partial charge in [0.25, 0.3) is 0 Å². The molecule has 2 aromatic rings. The molecule has 0 spiro atoms. The number of para-hydroxylation sites is 1. The Balaban J connectivity index is 1.57. The van der Waals surface area contributed by atoms with Crippen LogP contribution in [-0.4, -0.2) is 30.1 Å². The van der Waals surface area contributed by atoms with Gasteiger partial charge in [-0.05, 0) is 12.1 Å². The number of hydrogen-bond donors (Lipinski definition) is 1. The van der Waals surface area contributed by atoms with Gasteiger partial charge in [0, 0.05) is 12.8 Å². The van der Waals surface area contributed by atoms with E-state index in [9.17, 15) is 4.79 Å². The van der Waals surface area contributed by atoms with Crippen LogP contribution in [0.1, 0.15) is 11.4 Å². The average molecular weight is 262 g/mol. The highest BCUT2D eigenvalue weighted by Gasteiger charge is 2.20. The summed E-state index contributed by atoms with van der Waals surface area (Å²) in [7, 11) is 0. The highest BCUT2D eigenvalue weighted by Crippen LogP contribution is 2.22. The van der Waals surface area contributed by atoms with Crippen LogP contribution < -0.4 is 5.32 Å². The van der Waals surface area contributed by atoms with E-state index in [1.807, 2.05) is 18.2 Å². The second kappa shape index (κ2) is 5.04. The average Bonchev–Trinajstić information content (AvgIpc) is 2.74. The number of nitrogens with zero attached hydrogens (tertiary/aromatic N) is 1. The zero-order valence-corrected chi connectivity index (χ0v) is 10.7. The van der Waals surface area contributed by atoms with Crippen molar-refractivity contribution in [2.24, 2.45) is 0 Å². The minimum Gasteiger partial charge on any atom is -0.377 e. The van der Waals surface area contributed by atoms with Crippen LogP contribution in [-0.2, 0) is 16.0 Å². The molecule has 5 heteroatoms. The largest absolute Gasteiger partial charge is 0.377 e. The number of hydrogen-bond acceptors (Lipinski definition) is 4. The number of thiazole rings is 1. The maximum Gasteiger partial charge on any atom is 0.220 e. The highest BCUT2D eigenvalue weighted by atomic mass is 32.1. The number of amides is 1. The van der Waals surface area contributed by atoms with Gasteiger partial charge >= 0.3 is 0 Å². The molecule has 0 unspecified atom stereocenters. The highest BCUT2D eigenvalue weighted by molar-refractivity contribution is 7.18. The van der Waals surface area contributed by atoms with Crippen LogP contribution in [0.25, 0.3) is 10.2 Å². The lowest BCUT2D eigenvalue weighted by Crippen LogP contribution is -2.48. The first-order valence-electron chi connectivity index (χ1n) is 6.03. The van der Waals surface area contributed by atoms with Crippen LogP contribution in [0.3, 0.4) is 0 Å². The Morgan fingerprint density at radius 1 is 1.44 bits per heavy atom. The van der Waals surface area contributed by atoms with E-state index in [1.165, 1.54) is 4.70 Å². The van der Waals surface area contributed by atoms with Crippen molar-refractivity contribution in [2.75, 3.05) is 13.2 Å². The smallest absolute Gasteiger partial charge is 0.220 e. The number of rotatable bonds is 4. The first kappa shape index (κ1) is 11.6. The summed E-state index contributed by atoms with van der Waals surface area (Å²) in [6, 6.07) is 8.26. The molecule has 4 nitrogen and oxygen atoms in total. The van der Waals surface area contributed by atoms with Gasteiger partial charge in [0.15, 0.2) is 0 Å². The Kier molecular flexibility index (Phi) is 3.25. The van der Waals surface area contributed by atoms with Crippen LogP contribution in [0.15, 0.2) is 24.3 Å². The third-order valence-electron chi connectivity index (χ3n) is 2.91. The predicted molar refractivity (Wildman–Crippen MR) is 70.7 cm³/mol. The monoisotopic (exact) mass is 262 g/mol. The fraction of sp³-hybridized carbons (Fsp3) is 0.385. The molecule has 0 saturated carbocycles. The molecular weight excluding hydrogens is 248 g/mol. The van der Waals surface area contributed by atoms with Crippen LogP contribution >= 0.6 is 11.3 Å². The summed E-state index contributed by atoms with van der Waals surface area (Å²) < 4.78 is 6.19. The van der Waals surface area contributed by atoms with Gasteiger partial charge in [0.1, 0.15) is 0 Å². The number of carbonyl (C=O) groups is 1. The van der Waals surface area contributed by atoms with E-state index >= 15 is 0 Å². The summed E-state index contributed by atoms with van der Waals surface area (Å²) in [6.07, 6.45) is 1.20. The second-order valence-corrected chi connectivity index (χ2v) is 5.49. The number of fused-ring (bicyclic) bond motifs is 1. The molecule has 94 valence electrons. The molecule has 1 saturated heterocycles. The van der Waals surface area contributed by atoms with E-state index in [2.05, 4.69) is 16.4 Å². The van der Waals surface area contributed by atoms with Gasteiger partial charge in [-0.15, -0.1) is 11.3 Å². The van der Waals surface area contributed by atoms with Crippen molar-refractivity contribution >= 4 is 27.5 Å². The maximum absolute atomic E-state index is 11.6. The van der Waals surface area contributed by atoms with Gasteiger partial charge in [-0.1, -0.05) is 12.1 Å². The standard InChI is InChI=1S/C13H14N2O2S/c16-12(14-9-7-17-8-9)5-6-13-15-10-3-1-2-4-11(10)18-13/h1-4,9H,5-8H2,(H,14,16). The summed E-state index contributed by atoms with van der Waals surface area (Å²) in [5.41, 5.74) is 1.02. The van der Waals surface area contributed by atoms with Gasteiger partial charge in [0.2, 0.25) is 5.91 Å². The molecule has 0 atom stereocenters. The zero-order chi connectivity index (χ0) is 12.4. The Bertz CT molecular complexity index is 530. The third-order valence-corrected chi connectivity index (χ3v) is 4.00. The van der Waals surface area contributed by atoms with Crippen molar-refractivity contribution in [3.8, 4) is 0 Å². The second-order valence-electron chi connectivity index (χ2n) is 4.38. The minimum absolute atomic E-state index is 0.0857. The summed E-state index contributed by atoms with van der Waals surface area (Å²) in [6.45, 7) is 1.29. The first-order chi connectivity index (χ1) is 8.81. The van der Waals surface area contributed by atoms with Crippen LogP contribution in [0.2, 0.25) is 0 Å². The van der Waals surface area contributed by atoms with E-state index < -0.39 is 0 Å². The molecule has 0 radical (unpaired) electrons. The molecule has 3 rings (SSSR count). The van der Waals surface area contributed by atoms with Crippen molar-refractivity contribution in [1.29, 1.82) is 0 Å². The fourth-order valence-corrected chi connectivity index (χ4v) is 2.83. The topological polar surface area (TPSA) is 51.2 Å². The number of aromatic nitrogens is 1. The predicted octanol–water partition coefficient (Wildman–Crippen LogP) is 1.74. The quantitative estimate of drug-likeness (QED) is 0.913. The summed E-state index contributed by atoms with van der Waals surface area (Å²) in [4.78, 5) is 16.2. The van der Waals surface area contributed by atoms with Gasteiger partial charge < -0.3 is 10.1 Å². The van der Waals surface area contributed by atoms with E-state index in [4.69, 9.17) is 4.74 Å². The molecule has 0 bridgehead atoms. The number of nitrogens with one attached hydrogen (secondary N) is 1. The van der Waals surface area contributed by atoms with E-state index in [0.29, 0.717) is 26.1 Å². The maximum atomic E-state index is 11.6. The molecule has 0 aliphatic carbocycles. The molecule has 1 aliphatic heterocycles. The van der Waals surface area contributed by atoms with E-state index in [-0.39, 0.29) is 11.9 Å². The Labute approximate surface area is 109 Å². The molecule has 1 N–H and O–H groups in total. The van der Waals surface area contributed by atoms with Crippen molar-refractivity contribution in [1.82, 2.24) is 10.3 Å². The number of benzene rings is 1. The van der Waals surface area contributed by atoms with Crippen molar-refractivity contribution in [3.63, 3.8) is 0 Å². The molecule has 1 aromatic carbocycles. The van der Waals surface area contributed by atoms with Gasteiger partial charge in [-0.25, -0.2) is 4.98 Å². The Morgan fingerprint density at radius 3 is 3.00 bits per heavy atom. The number of aryl methyl sites for hydroxylation is 1. The van der Waals surface area contributed by atoms with E-state index in [1.54, 1.807) is 11.3 Å². The van der Waals surface area contributed by atoms with Crippen LogP contribution in [0.4, 0.5) is 0 Å². The van der Waals surface area contributed by atoms with Crippen molar-refractivity contribution in [3.05, 3.63) is 29.3 Å². The molecule has 1 aromatic heterocycles. The van der Waals surface area contributed by atoms with Crippen LogP contribution in [0, 0.1) is 0 Å². The number of ether oxygens (including phenoxy) is 1. The summed E-state index contributed by atoms with van der Waals surface area (Å²) in [5.74, 6) is 0.0857. The molecule has 1 aliphatic rings. The van der Waals surface area contributed by atoms with Crippen LogP contribution in [0.5, 0.6) is 0 Å².